The maximum Gasteiger partial charge on any atom is 0.261 e. The number of nitrogens with one attached hydrogen (secondary N) is 1. The predicted molar refractivity (Wildman–Crippen MR) is 75.6 cm³/mol. The van der Waals surface area contributed by atoms with Crippen molar-refractivity contribution in [3.05, 3.63) is 38.4 Å². The molecule has 0 aliphatic carbocycles. The van der Waals surface area contributed by atoms with E-state index in [1.807, 2.05) is 26.8 Å². The molecule has 2 rings (SSSR count). The van der Waals surface area contributed by atoms with E-state index in [0.717, 1.165) is 28.3 Å². The highest BCUT2D eigenvalue weighted by molar-refractivity contribution is 7.14. The number of carbonyl (C=O) groups is 1. The minimum Gasteiger partial charge on any atom is -0.361 e. The van der Waals surface area contributed by atoms with Gasteiger partial charge in [0.25, 0.3) is 5.91 Å². The van der Waals surface area contributed by atoms with Gasteiger partial charge in [0.1, 0.15) is 5.76 Å². The van der Waals surface area contributed by atoms with E-state index in [9.17, 15) is 4.79 Å². The number of thiophene rings is 1. The van der Waals surface area contributed by atoms with Crippen LogP contribution in [0.2, 0.25) is 0 Å². The Morgan fingerprint density at radius 3 is 2.68 bits per heavy atom. The van der Waals surface area contributed by atoms with Crippen LogP contribution in [-0.4, -0.2) is 11.1 Å². The van der Waals surface area contributed by atoms with E-state index < -0.39 is 0 Å². The van der Waals surface area contributed by atoms with Crippen LogP contribution in [0, 0.1) is 20.8 Å². The molecule has 19 heavy (non-hydrogen) atoms. The van der Waals surface area contributed by atoms with Gasteiger partial charge in [-0.15, -0.1) is 11.3 Å². The molecular weight excluding hydrogens is 260 g/mol. The Morgan fingerprint density at radius 1 is 1.42 bits per heavy atom. The van der Waals surface area contributed by atoms with Gasteiger partial charge in [-0.2, -0.15) is 0 Å². The summed E-state index contributed by atoms with van der Waals surface area (Å²) in [4.78, 5) is 14.1. The Bertz CT molecular complexity index is 579. The van der Waals surface area contributed by atoms with Crippen molar-refractivity contribution in [3.63, 3.8) is 0 Å². The van der Waals surface area contributed by atoms with Gasteiger partial charge in [0, 0.05) is 17.0 Å². The van der Waals surface area contributed by atoms with Gasteiger partial charge in [-0.1, -0.05) is 12.1 Å². The summed E-state index contributed by atoms with van der Waals surface area (Å²) in [5, 5.41) is 6.79. The number of rotatable bonds is 4. The fraction of sp³-hybridized carbons (Fsp3) is 0.429. The lowest BCUT2D eigenvalue weighted by molar-refractivity contribution is 0.0955. The van der Waals surface area contributed by atoms with Gasteiger partial charge in [-0.25, -0.2) is 0 Å². The van der Waals surface area contributed by atoms with Crippen molar-refractivity contribution in [2.24, 2.45) is 0 Å². The van der Waals surface area contributed by atoms with Crippen LogP contribution in [0.3, 0.4) is 0 Å². The molecular formula is C14H18N2O2S. The van der Waals surface area contributed by atoms with Gasteiger partial charge >= 0.3 is 0 Å². The summed E-state index contributed by atoms with van der Waals surface area (Å²) in [6.07, 6.45) is 0.966. The second-order valence-corrected chi connectivity index (χ2v) is 5.69. The van der Waals surface area contributed by atoms with E-state index >= 15 is 0 Å². The highest BCUT2D eigenvalue weighted by atomic mass is 32.1. The van der Waals surface area contributed by atoms with Crippen LogP contribution in [0.4, 0.5) is 0 Å². The van der Waals surface area contributed by atoms with Gasteiger partial charge in [-0.05, 0) is 38.8 Å². The standard InChI is InChI=1S/C14H18N2O2S/c1-5-12-8(2)6-13(19-12)14(17)15-7-11-9(3)16-18-10(11)4/h6H,5,7H2,1-4H3,(H,15,17). The molecule has 2 heterocycles. The first-order valence-corrected chi connectivity index (χ1v) is 7.13. The number of hydrogen-bond acceptors (Lipinski definition) is 4. The average molecular weight is 278 g/mol. The van der Waals surface area contributed by atoms with Crippen LogP contribution in [0.25, 0.3) is 0 Å². The summed E-state index contributed by atoms with van der Waals surface area (Å²) in [6.45, 7) is 8.33. The average Bonchev–Trinajstić information content (AvgIpc) is 2.91. The summed E-state index contributed by atoms with van der Waals surface area (Å²) in [7, 11) is 0. The zero-order valence-corrected chi connectivity index (χ0v) is 12.5. The topological polar surface area (TPSA) is 55.1 Å². The van der Waals surface area contributed by atoms with Crippen molar-refractivity contribution < 1.29 is 9.32 Å². The molecule has 5 heteroatoms. The van der Waals surface area contributed by atoms with Crippen molar-refractivity contribution in [1.29, 1.82) is 0 Å². The molecule has 0 bridgehead atoms. The first-order valence-electron chi connectivity index (χ1n) is 6.32. The summed E-state index contributed by atoms with van der Waals surface area (Å²) < 4.78 is 5.08. The third-order valence-electron chi connectivity index (χ3n) is 3.17. The Kier molecular flexibility index (Phi) is 4.04. The Hall–Kier alpha value is -1.62. The minimum atomic E-state index is -0.0344. The third-order valence-corrected chi connectivity index (χ3v) is 4.55. The summed E-state index contributed by atoms with van der Waals surface area (Å²) in [5.74, 6) is 0.724. The highest BCUT2D eigenvalue weighted by Gasteiger charge is 2.14. The van der Waals surface area contributed by atoms with Crippen molar-refractivity contribution in [3.8, 4) is 0 Å². The zero-order valence-electron chi connectivity index (χ0n) is 11.7. The first-order chi connectivity index (χ1) is 9.02. The van der Waals surface area contributed by atoms with Crippen LogP contribution in [-0.2, 0) is 13.0 Å². The SMILES string of the molecule is CCc1sc(C(=O)NCc2c(C)noc2C)cc1C. The number of hydrogen-bond donors (Lipinski definition) is 1. The Morgan fingerprint density at radius 2 is 2.16 bits per heavy atom. The van der Waals surface area contributed by atoms with E-state index in [0.29, 0.717) is 6.54 Å². The molecule has 2 aromatic rings. The van der Waals surface area contributed by atoms with Crippen molar-refractivity contribution in [2.45, 2.75) is 40.7 Å². The van der Waals surface area contributed by atoms with Crippen LogP contribution < -0.4 is 5.32 Å². The van der Waals surface area contributed by atoms with Gasteiger partial charge in [0.2, 0.25) is 0 Å². The normalized spacial score (nSPS) is 10.7. The molecule has 0 aliphatic heterocycles. The van der Waals surface area contributed by atoms with Crippen molar-refractivity contribution in [2.75, 3.05) is 0 Å². The van der Waals surface area contributed by atoms with Crippen LogP contribution in [0.5, 0.6) is 0 Å². The predicted octanol–water partition coefficient (Wildman–Crippen LogP) is 3.15. The summed E-state index contributed by atoms with van der Waals surface area (Å²) >= 11 is 1.56. The van der Waals surface area contributed by atoms with Crippen molar-refractivity contribution in [1.82, 2.24) is 10.5 Å². The van der Waals surface area contributed by atoms with E-state index in [2.05, 4.69) is 17.4 Å². The molecule has 0 saturated heterocycles. The van der Waals surface area contributed by atoms with E-state index in [4.69, 9.17) is 4.52 Å². The molecule has 0 aliphatic rings. The second kappa shape index (κ2) is 5.57. The maximum atomic E-state index is 12.1. The fourth-order valence-corrected chi connectivity index (χ4v) is 3.02. The molecule has 0 unspecified atom stereocenters. The van der Waals surface area contributed by atoms with Crippen LogP contribution >= 0.6 is 11.3 Å². The molecule has 0 fully saturated rings. The monoisotopic (exact) mass is 278 g/mol. The number of carbonyl (C=O) groups excluding carboxylic acids is 1. The van der Waals surface area contributed by atoms with Crippen molar-refractivity contribution >= 4 is 17.2 Å². The zero-order chi connectivity index (χ0) is 14.0. The molecule has 2 aromatic heterocycles. The van der Waals surface area contributed by atoms with Gasteiger partial charge in [0.15, 0.2) is 0 Å². The van der Waals surface area contributed by atoms with Gasteiger partial charge in [0.05, 0.1) is 10.6 Å². The van der Waals surface area contributed by atoms with E-state index in [1.165, 1.54) is 10.4 Å². The number of amides is 1. The Labute approximate surface area is 116 Å². The summed E-state index contributed by atoms with van der Waals surface area (Å²) in [6, 6.07) is 1.95. The molecule has 4 nitrogen and oxygen atoms in total. The minimum absolute atomic E-state index is 0.0344. The number of aromatic nitrogens is 1. The number of nitrogens with zero attached hydrogens (tertiary/aromatic N) is 1. The summed E-state index contributed by atoms with van der Waals surface area (Å²) in [5.41, 5.74) is 2.97. The molecule has 0 radical (unpaired) electrons. The molecule has 0 atom stereocenters. The second-order valence-electron chi connectivity index (χ2n) is 4.56. The van der Waals surface area contributed by atoms with Gasteiger partial charge < -0.3 is 9.84 Å². The molecule has 0 saturated carbocycles. The number of aryl methyl sites for hydroxylation is 4. The largest absolute Gasteiger partial charge is 0.361 e. The molecule has 102 valence electrons. The highest BCUT2D eigenvalue weighted by Crippen LogP contribution is 2.22. The fourth-order valence-electron chi connectivity index (χ4n) is 1.99. The lowest BCUT2D eigenvalue weighted by Gasteiger charge is -2.02. The quantitative estimate of drug-likeness (QED) is 0.934. The van der Waals surface area contributed by atoms with E-state index in [-0.39, 0.29) is 5.91 Å². The third kappa shape index (κ3) is 2.87. The van der Waals surface area contributed by atoms with E-state index in [1.54, 1.807) is 11.3 Å². The van der Waals surface area contributed by atoms with Crippen LogP contribution in [0.15, 0.2) is 10.6 Å². The molecule has 0 aromatic carbocycles. The lowest BCUT2D eigenvalue weighted by Crippen LogP contribution is -2.22. The Balaban J connectivity index is 2.05. The van der Waals surface area contributed by atoms with Gasteiger partial charge in [-0.3, -0.25) is 4.79 Å². The molecule has 0 spiro atoms. The first kappa shape index (κ1) is 13.8. The smallest absolute Gasteiger partial charge is 0.261 e. The maximum absolute atomic E-state index is 12.1. The van der Waals surface area contributed by atoms with Crippen LogP contribution in [0.1, 0.15) is 44.1 Å². The lowest BCUT2D eigenvalue weighted by atomic mass is 10.2. The molecule has 1 amide bonds. The molecule has 1 N–H and O–H groups in total.